The van der Waals surface area contributed by atoms with Crippen molar-refractivity contribution in [3.05, 3.63) is 29.0 Å². The highest BCUT2D eigenvalue weighted by molar-refractivity contribution is 6.31. The van der Waals surface area contributed by atoms with E-state index in [0.29, 0.717) is 36.3 Å². The predicted molar refractivity (Wildman–Crippen MR) is 89.0 cm³/mol. The van der Waals surface area contributed by atoms with Crippen molar-refractivity contribution < 1.29 is 9.59 Å². The monoisotopic (exact) mass is 338 g/mol. The van der Waals surface area contributed by atoms with Crippen LogP contribution in [0.25, 0.3) is 0 Å². The molecule has 1 aliphatic heterocycles. The number of nitrogens with zero attached hydrogens (tertiary/aromatic N) is 2. The van der Waals surface area contributed by atoms with Gasteiger partial charge in [0.2, 0.25) is 11.8 Å². The molecule has 2 N–H and O–H groups in total. The summed E-state index contributed by atoms with van der Waals surface area (Å²) in [6.45, 7) is 2.49. The number of halogens is 1. The summed E-state index contributed by atoms with van der Waals surface area (Å²) in [5, 5.41) is 6.27. The van der Waals surface area contributed by atoms with Gasteiger partial charge in [0, 0.05) is 38.2 Å². The van der Waals surface area contributed by atoms with E-state index in [1.807, 2.05) is 7.05 Å². The molecule has 6 nitrogen and oxygen atoms in total. The van der Waals surface area contributed by atoms with E-state index in [-0.39, 0.29) is 17.9 Å². The normalized spacial score (nSPS) is 21.2. The van der Waals surface area contributed by atoms with Crippen molar-refractivity contribution in [2.24, 2.45) is 0 Å². The summed E-state index contributed by atoms with van der Waals surface area (Å²) in [7, 11) is 2.01. The minimum atomic E-state index is -0.0215. The number of hydrogen-bond donors (Lipinski definition) is 2. The van der Waals surface area contributed by atoms with Gasteiger partial charge in [0.25, 0.3) is 0 Å². The Morgan fingerprint density at radius 3 is 2.78 bits per heavy atom. The van der Waals surface area contributed by atoms with Gasteiger partial charge in [-0.25, -0.2) is 0 Å². The van der Waals surface area contributed by atoms with Crippen LogP contribution in [-0.2, 0) is 16.1 Å². The van der Waals surface area contributed by atoms with Gasteiger partial charge in [0.1, 0.15) is 0 Å². The first-order valence-corrected chi connectivity index (χ1v) is 8.17. The molecule has 0 radical (unpaired) electrons. The fourth-order valence-electron chi connectivity index (χ4n) is 2.86. The van der Waals surface area contributed by atoms with Crippen molar-refractivity contribution in [2.75, 3.05) is 13.6 Å². The van der Waals surface area contributed by atoms with Crippen LogP contribution in [0.2, 0.25) is 5.02 Å². The minimum Gasteiger partial charge on any atom is -0.355 e. The van der Waals surface area contributed by atoms with Gasteiger partial charge in [-0.1, -0.05) is 11.6 Å². The van der Waals surface area contributed by atoms with E-state index in [1.54, 1.807) is 18.3 Å². The van der Waals surface area contributed by atoms with E-state index >= 15 is 0 Å². The maximum absolute atomic E-state index is 12.1. The molecule has 0 spiro atoms. The summed E-state index contributed by atoms with van der Waals surface area (Å²) in [5.74, 6) is -0.0319. The van der Waals surface area contributed by atoms with Crippen LogP contribution < -0.4 is 10.6 Å². The molecule has 1 aromatic rings. The Bertz CT molecular complexity index is 567. The summed E-state index contributed by atoms with van der Waals surface area (Å²) in [6.07, 6.45) is 4.04. The number of rotatable bonds is 6. The number of nitrogens with one attached hydrogen (secondary N) is 2. The van der Waals surface area contributed by atoms with Crippen LogP contribution in [0.4, 0.5) is 0 Å². The molecule has 2 heterocycles. The molecule has 0 saturated carbocycles. The second-order valence-corrected chi connectivity index (χ2v) is 6.31. The summed E-state index contributed by atoms with van der Waals surface area (Å²) in [4.78, 5) is 29.5. The first-order valence-electron chi connectivity index (χ1n) is 7.80. The topological polar surface area (TPSA) is 74.3 Å². The molecule has 126 valence electrons. The number of carbonyl (C=O) groups is 2. The van der Waals surface area contributed by atoms with Gasteiger partial charge in [-0.15, -0.1) is 0 Å². The fraction of sp³-hybridized carbons (Fsp3) is 0.562. The molecule has 0 unspecified atom stereocenters. The van der Waals surface area contributed by atoms with Gasteiger partial charge in [-0.2, -0.15) is 0 Å². The summed E-state index contributed by atoms with van der Waals surface area (Å²) in [5.41, 5.74) is 0.672. The van der Waals surface area contributed by atoms with E-state index in [1.165, 1.54) is 6.92 Å². The average molecular weight is 339 g/mol. The van der Waals surface area contributed by atoms with Crippen molar-refractivity contribution in [1.82, 2.24) is 20.5 Å². The molecule has 1 saturated heterocycles. The van der Waals surface area contributed by atoms with Crippen LogP contribution in [0.1, 0.15) is 31.9 Å². The van der Waals surface area contributed by atoms with Crippen molar-refractivity contribution in [3.63, 3.8) is 0 Å². The number of pyridine rings is 1. The molecule has 0 bridgehead atoms. The lowest BCUT2D eigenvalue weighted by molar-refractivity contribution is -0.122. The maximum atomic E-state index is 12.1. The summed E-state index contributed by atoms with van der Waals surface area (Å²) < 4.78 is 0. The minimum absolute atomic E-state index is 0.0104. The Morgan fingerprint density at radius 2 is 2.09 bits per heavy atom. The molecule has 1 aliphatic rings. The van der Waals surface area contributed by atoms with E-state index < -0.39 is 0 Å². The van der Waals surface area contributed by atoms with Crippen molar-refractivity contribution in [2.45, 2.75) is 44.8 Å². The van der Waals surface area contributed by atoms with Gasteiger partial charge in [0.05, 0.1) is 17.3 Å². The zero-order valence-electron chi connectivity index (χ0n) is 13.5. The van der Waals surface area contributed by atoms with Gasteiger partial charge < -0.3 is 10.6 Å². The highest BCUT2D eigenvalue weighted by Crippen LogP contribution is 2.24. The van der Waals surface area contributed by atoms with Gasteiger partial charge in [0.15, 0.2) is 0 Å². The molecular formula is C16H23ClN4O2. The Morgan fingerprint density at radius 1 is 1.35 bits per heavy atom. The lowest BCUT2D eigenvalue weighted by atomic mass is 10.1. The fourth-order valence-corrected chi connectivity index (χ4v) is 3.05. The van der Waals surface area contributed by atoms with Gasteiger partial charge >= 0.3 is 0 Å². The van der Waals surface area contributed by atoms with E-state index in [0.717, 1.165) is 12.8 Å². The number of aromatic nitrogens is 1. The van der Waals surface area contributed by atoms with Crippen LogP contribution in [0.5, 0.6) is 0 Å². The molecule has 1 aromatic heterocycles. The summed E-state index contributed by atoms with van der Waals surface area (Å²) >= 11 is 6.02. The van der Waals surface area contributed by atoms with Crippen LogP contribution in [0.3, 0.4) is 0 Å². The molecule has 0 aromatic carbocycles. The highest BCUT2D eigenvalue weighted by atomic mass is 35.5. The maximum Gasteiger partial charge on any atom is 0.221 e. The number of carbonyl (C=O) groups excluding carboxylic acids is 2. The number of hydrogen-bond acceptors (Lipinski definition) is 4. The third-order valence-corrected chi connectivity index (χ3v) is 4.62. The molecule has 2 rings (SSSR count). The molecular weight excluding hydrogens is 316 g/mol. The summed E-state index contributed by atoms with van der Waals surface area (Å²) in [6, 6.07) is 4.01. The second-order valence-electron chi connectivity index (χ2n) is 5.90. The van der Waals surface area contributed by atoms with E-state index in [9.17, 15) is 9.59 Å². The van der Waals surface area contributed by atoms with Gasteiger partial charge in [-0.05, 0) is 32.0 Å². The van der Waals surface area contributed by atoms with E-state index in [4.69, 9.17) is 11.6 Å². The molecule has 2 atom stereocenters. The van der Waals surface area contributed by atoms with Crippen molar-refractivity contribution in [1.29, 1.82) is 0 Å². The average Bonchev–Trinajstić information content (AvgIpc) is 2.85. The smallest absolute Gasteiger partial charge is 0.221 e. The molecule has 23 heavy (non-hydrogen) atoms. The van der Waals surface area contributed by atoms with E-state index in [2.05, 4.69) is 20.5 Å². The Kier molecular flexibility index (Phi) is 6.36. The van der Waals surface area contributed by atoms with Crippen LogP contribution in [0, 0.1) is 0 Å². The van der Waals surface area contributed by atoms with Crippen LogP contribution in [-0.4, -0.2) is 47.4 Å². The number of amides is 2. The Hall–Kier alpha value is -1.66. The second kappa shape index (κ2) is 8.26. The van der Waals surface area contributed by atoms with Crippen molar-refractivity contribution in [3.8, 4) is 0 Å². The third-order valence-electron chi connectivity index (χ3n) is 4.28. The standard InChI is InChI=1S/C16H23ClN4O2/c1-11(22)19-9-13-6-5-12(21(13)2)8-16(23)20-10-15-14(17)4-3-7-18-15/h3-4,7,12-13H,5-6,8-10H2,1-2H3,(H,19,22)(H,20,23)/t12-,13+/m0/s1. The highest BCUT2D eigenvalue weighted by Gasteiger charge is 2.31. The zero-order valence-corrected chi connectivity index (χ0v) is 14.3. The number of likely N-dealkylation sites (tertiary alicyclic amines) is 1. The molecule has 1 fully saturated rings. The van der Waals surface area contributed by atoms with Crippen LogP contribution >= 0.6 is 11.6 Å². The first kappa shape index (κ1) is 17.7. The third kappa shape index (κ3) is 5.18. The Labute approximate surface area is 141 Å². The quantitative estimate of drug-likeness (QED) is 0.821. The largest absolute Gasteiger partial charge is 0.355 e. The zero-order chi connectivity index (χ0) is 16.8. The molecule has 2 amide bonds. The van der Waals surface area contributed by atoms with Crippen molar-refractivity contribution >= 4 is 23.4 Å². The lowest BCUT2D eigenvalue weighted by Gasteiger charge is -2.25. The van der Waals surface area contributed by atoms with Gasteiger partial charge in [-0.3, -0.25) is 19.5 Å². The molecule has 0 aliphatic carbocycles. The number of likely N-dealkylation sites (N-methyl/N-ethyl adjacent to an activating group) is 1. The first-order chi connectivity index (χ1) is 11.0. The molecule has 7 heteroatoms. The van der Waals surface area contributed by atoms with Crippen LogP contribution in [0.15, 0.2) is 18.3 Å². The lowest BCUT2D eigenvalue weighted by Crippen LogP contribution is -2.42. The predicted octanol–water partition coefficient (Wildman–Crippen LogP) is 1.34. The SMILES string of the molecule is CC(=O)NC[C@H]1CC[C@@H](CC(=O)NCc2ncccc2Cl)N1C. The Balaban J connectivity index is 1.77.